The second-order valence-corrected chi connectivity index (χ2v) is 13.2. The van der Waals surface area contributed by atoms with E-state index in [9.17, 15) is 10.2 Å². The maximum absolute atomic E-state index is 11.6. The van der Waals surface area contributed by atoms with Crippen molar-refractivity contribution in [3.05, 3.63) is 52.8 Å². The monoisotopic (exact) mass is 412 g/mol. The second-order valence-electron chi connectivity index (χ2n) is 13.2. The molecule has 1 aromatic rings. The van der Waals surface area contributed by atoms with E-state index in [0.29, 0.717) is 5.76 Å². The van der Waals surface area contributed by atoms with E-state index in [1.165, 1.54) is 5.57 Å². The summed E-state index contributed by atoms with van der Waals surface area (Å²) in [6, 6.07) is 5.73. The van der Waals surface area contributed by atoms with E-state index in [1.807, 2.05) is 6.07 Å². The average molecular weight is 413 g/mol. The Kier molecular flexibility index (Phi) is 5.88. The number of benzene rings is 1. The lowest BCUT2D eigenvalue weighted by Gasteiger charge is -2.54. The number of allylic oxidation sites excluding steroid dienone is 3. The van der Waals surface area contributed by atoms with Crippen LogP contribution in [0.2, 0.25) is 0 Å². The molecule has 0 bridgehead atoms. The summed E-state index contributed by atoms with van der Waals surface area (Å²) in [6.45, 7) is 26.6. The summed E-state index contributed by atoms with van der Waals surface area (Å²) < 4.78 is 0. The molecule has 0 amide bonds. The lowest BCUT2D eigenvalue weighted by atomic mass is 9.50. The van der Waals surface area contributed by atoms with Crippen molar-refractivity contribution >= 4 is 0 Å². The van der Waals surface area contributed by atoms with Crippen molar-refractivity contribution < 1.29 is 10.2 Å². The van der Waals surface area contributed by atoms with E-state index in [1.54, 1.807) is 6.07 Å². The third-order valence-corrected chi connectivity index (χ3v) is 6.89. The molecule has 1 aromatic carbocycles. The number of phenolic OH excluding ortho intramolecular Hbond substituents is 1. The molecule has 1 aliphatic carbocycles. The van der Waals surface area contributed by atoms with Crippen LogP contribution >= 0.6 is 0 Å². The van der Waals surface area contributed by atoms with Crippen LogP contribution in [0.3, 0.4) is 0 Å². The minimum Gasteiger partial charge on any atom is -0.512 e. The molecule has 30 heavy (non-hydrogen) atoms. The number of aliphatic hydroxyl groups is 1. The molecule has 0 saturated carbocycles. The van der Waals surface area contributed by atoms with Crippen molar-refractivity contribution in [1.29, 1.82) is 0 Å². The normalized spacial score (nSPS) is 20.6. The molecular formula is C28H44O2. The largest absolute Gasteiger partial charge is 0.512 e. The molecule has 0 heterocycles. The first kappa shape index (κ1) is 24.6. The van der Waals surface area contributed by atoms with Gasteiger partial charge in [0.25, 0.3) is 0 Å². The first-order valence-corrected chi connectivity index (χ1v) is 11.2. The highest BCUT2D eigenvalue weighted by Crippen LogP contribution is 2.61. The number of aliphatic hydroxyl groups excluding tert-OH is 1. The van der Waals surface area contributed by atoms with E-state index in [0.717, 1.165) is 11.1 Å². The molecule has 1 atom stereocenters. The number of aromatic hydroxyl groups is 1. The molecule has 2 N–H and O–H groups in total. The zero-order valence-corrected chi connectivity index (χ0v) is 21.4. The molecule has 2 nitrogen and oxygen atoms in total. The zero-order valence-electron chi connectivity index (χ0n) is 21.4. The fourth-order valence-electron chi connectivity index (χ4n) is 5.30. The zero-order chi connectivity index (χ0) is 23.5. The minimum absolute atomic E-state index is 0.0910. The highest BCUT2D eigenvalue weighted by atomic mass is 16.3. The van der Waals surface area contributed by atoms with Gasteiger partial charge in [-0.25, -0.2) is 0 Å². The molecule has 0 aromatic heterocycles. The van der Waals surface area contributed by atoms with Crippen LogP contribution in [0.25, 0.3) is 0 Å². The molecule has 1 unspecified atom stereocenters. The molecule has 0 saturated heterocycles. The summed E-state index contributed by atoms with van der Waals surface area (Å²) >= 11 is 0. The predicted molar refractivity (Wildman–Crippen MR) is 129 cm³/mol. The smallest absolute Gasteiger partial charge is 0.120 e. The molecular weight excluding hydrogens is 368 g/mol. The summed E-state index contributed by atoms with van der Waals surface area (Å²) in [5.41, 5.74) is 2.23. The summed E-state index contributed by atoms with van der Waals surface area (Å²) in [7, 11) is 0. The quantitative estimate of drug-likeness (QED) is 0.455. The van der Waals surface area contributed by atoms with Gasteiger partial charge in [-0.1, -0.05) is 107 Å². The van der Waals surface area contributed by atoms with Crippen LogP contribution in [-0.4, -0.2) is 10.2 Å². The van der Waals surface area contributed by atoms with Gasteiger partial charge >= 0.3 is 0 Å². The Morgan fingerprint density at radius 1 is 0.700 bits per heavy atom. The lowest BCUT2D eigenvalue weighted by Crippen LogP contribution is -2.46. The Balaban J connectivity index is 2.96. The average Bonchev–Trinajstić information content (AvgIpc) is 2.50. The Hall–Kier alpha value is -1.70. The fourth-order valence-corrected chi connectivity index (χ4v) is 5.30. The van der Waals surface area contributed by atoms with Crippen molar-refractivity contribution in [2.24, 2.45) is 21.7 Å². The number of phenols is 1. The predicted octanol–water partition coefficient (Wildman–Crippen LogP) is 8.28. The Bertz CT molecular complexity index is 842. The standard InChI is InChI=1S/C28H44O2/c1-24(2,3)18-14-13-15-20(29)22(18)23-19(25(4,5)6)16-28(17-21(23)30,26(7,8)9)27(10,11)12/h13-17,23,29-30H,1-12H3. The highest BCUT2D eigenvalue weighted by molar-refractivity contribution is 5.55. The Morgan fingerprint density at radius 2 is 1.20 bits per heavy atom. The minimum atomic E-state index is -0.349. The highest BCUT2D eigenvalue weighted by Gasteiger charge is 2.52. The maximum atomic E-state index is 11.6. The van der Waals surface area contributed by atoms with Crippen molar-refractivity contribution in [1.82, 2.24) is 0 Å². The molecule has 1 aliphatic rings. The van der Waals surface area contributed by atoms with Crippen LogP contribution in [0.5, 0.6) is 5.75 Å². The van der Waals surface area contributed by atoms with E-state index >= 15 is 0 Å². The van der Waals surface area contributed by atoms with E-state index < -0.39 is 0 Å². The van der Waals surface area contributed by atoms with Crippen LogP contribution < -0.4 is 0 Å². The van der Waals surface area contributed by atoms with Crippen molar-refractivity contribution in [2.45, 2.75) is 94.4 Å². The van der Waals surface area contributed by atoms with Crippen LogP contribution in [0.15, 0.2) is 41.7 Å². The van der Waals surface area contributed by atoms with Crippen LogP contribution in [0, 0.1) is 21.7 Å². The Morgan fingerprint density at radius 3 is 1.60 bits per heavy atom. The van der Waals surface area contributed by atoms with E-state index in [-0.39, 0.29) is 38.7 Å². The van der Waals surface area contributed by atoms with Crippen molar-refractivity contribution in [3.8, 4) is 5.75 Å². The molecule has 0 radical (unpaired) electrons. The van der Waals surface area contributed by atoms with Gasteiger partial charge < -0.3 is 10.2 Å². The van der Waals surface area contributed by atoms with Crippen LogP contribution in [-0.2, 0) is 5.41 Å². The molecule has 0 aliphatic heterocycles. The van der Waals surface area contributed by atoms with Gasteiger partial charge in [0, 0.05) is 11.0 Å². The molecule has 2 heteroatoms. The van der Waals surface area contributed by atoms with Crippen LogP contribution in [0.1, 0.15) is 100 Å². The first-order chi connectivity index (χ1) is 13.2. The van der Waals surface area contributed by atoms with Gasteiger partial charge in [-0.05, 0) is 39.4 Å². The van der Waals surface area contributed by atoms with E-state index in [4.69, 9.17) is 0 Å². The van der Waals surface area contributed by atoms with E-state index in [2.05, 4.69) is 101 Å². The van der Waals surface area contributed by atoms with Gasteiger partial charge in [-0.3, -0.25) is 0 Å². The van der Waals surface area contributed by atoms with Gasteiger partial charge in [-0.2, -0.15) is 0 Å². The topological polar surface area (TPSA) is 40.5 Å². The number of hydrogen-bond acceptors (Lipinski definition) is 2. The third kappa shape index (κ3) is 4.07. The summed E-state index contributed by atoms with van der Waals surface area (Å²) in [6.07, 6.45) is 4.49. The third-order valence-electron chi connectivity index (χ3n) is 6.89. The maximum Gasteiger partial charge on any atom is 0.120 e. The lowest BCUT2D eigenvalue weighted by molar-refractivity contribution is 0.0565. The fraction of sp³-hybridized carbons (Fsp3) is 0.643. The first-order valence-electron chi connectivity index (χ1n) is 11.2. The van der Waals surface area contributed by atoms with Crippen LogP contribution in [0.4, 0.5) is 0 Å². The van der Waals surface area contributed by atoms with Crippen molar-refractivity contribution in [3.63, 3.8) is 0 Å². The SMILES string of the molecule is CC(C)(C)C1=CC(C(C)(C)C)(C(C)(C)C)C=C(O)C1c1c(O)cccc1C(C)(C)C. The molecule has 2 rings (SSSR count). The molecule has 0 spiro atoms. The molecule has 0 fully saturated rings. The second kappa shape index (κ2) is 7.18. The van der Waals surface area contributed by atoms with Gasteiger partial charge in [-0.15, -0.1) is 0 Å². The summed E-state index contributed by atoms with van der Waals surface area (Å²) in [5, 5.41) is 22.6. The summed E-state index contributed by atoms with van der Waals surface area (Å²) in [5.74, 6) is 0.249. The van der Waals surface area contributed by atoms with Gasteiger partial charge in [0.1, 0.15) is 11.5 Å². The summed E-state index contributed by atoms with van der Waals surface area (Å²) in [4.78, 5) is 0. The molecule has 168 valence electrons. The number of rotatable bonds is 1. The van der Waals surface area contributed by atoms with Gasteiger partial charge in [0.05, 0.1) is 5.92 Å². The van der Waals surface area contributed by atoms with Gasteiger partial charge in [0.2, 0.25) is 0 Å². The number of hydrogen-bond donors (Lipinski definition) is 2. The van der Waals surface area contributed by atoms with Crippen molar-refractivity contribution in [2.75, 3.05) is 0 Å². The Labute approximate surface area is 185 Å². The van der Waals surface area contributed by atoms with Gasteiger partial charge in [0.15, 0.2) is 0 Å².